The van der Waals surface area contributed by atoms with E-state index in [2.05, 4.69) is 11.8 Å². The molecule has 0 unspecified atom stereocenters. The summed E-state index contributed by atoms with van der Waals surface area (Å²) >= 11 is 0. The first-order valence-corrected chi connectivity index (χ1v) is 13.2. The van der Waals surface area contributed by atoms with Crippen molar-refractivity contribution in [3.8, 4) is 0 Å². The van der Waals surface area contributed by atoms with Gasteiger partial charge in [0.25, 0.3) is 0 Å². The number of esters is 1. The van der Waals surface area contributed by atoms with Gasteiger partial charge in [0.2, 0.25) is 0 Å². The predicted octanol–water partition coefficient (Wildman–Crippen LogP) is 1.84. The van der Waals surface area contributed by atoms with Crippen LogP contribution < -0.4 is 0 Å². The smallest absolute Gasteiger partial charge is 0.303 e. The van der Waals surface area contributed by atoms with Gasteiger partial charge in [-0.2, -0.15) is 0 Å². The van der Waals surface area contributed by atoms with Crippen molar-refractivity contribution in [2.75, 3.05) is 41.2 Å². The van der Waals surface area contributed by atoms with Crippen molar-refractivity contribution < 1.29 is 33.2 Å². The number of piperidine rings is 1. The SMILES string of the molecule is CCN1C[C@@H]2CC[C@H](OC)[C@]34[C@@H]2[C@H](OC(C)=O)[C@]2(OCO[C@@]25C[C@H](OC)[C@H]2C[C@@H]3[C@@H]5[C@H]2OC)[C@@H]14. The summed E-state index contributed by atoms with van der Waals surface area (Å²) < 4.78 is 38.9. The molecule has 7 fully saturated rings. The predicted molar refractivity (Wildman–Crippen MR) is 120 cm³/mol. The minimum absolute atomic E-state index is 0.0221. The third-order valence-corrected chi connectivity index (χ3v) is 11.6. The molecule has 7 bridgehead atoms. The van der Waals surface area contributed by atoms with Crippen molar-refractivity contribution in [2.24, 2.45) is 35.0 Å². The Morgan fingerprint density at radius 1 is 1.09 bits per heavy atom. The largest absolute Gasteiger partial charge is 0.459 e. The van der Waals surface area contributed by atoms with Crippen molar-refractivity contribution in [3.05, 3.63) is 0 Å². The Morgan fingerprint density at radius 3 is 2.59 bits per heavy atom. The highest BCUT2D eigenvalue weighted by molar-refractivity contribution is 5.67. The molecule has 0 aromatic carbocycles. The van der Waals surface area contributed by atoms with Gasteiger partial charge in [-0.25, -0.2) is 0 Å². The second-order valence-electron chi connectivity index (χ2n) is 11.9. The molecule has 8 heteroatoms. The first kappa shape index (κ1) is 22.4. The number of hydrogen-bond donors (Lipinski definition) is 0. The fraction of sp³-hybridized carbons (Fsp3) is 0.962. The minimum atomic E-state index is -0.751. The normalized spacial score (nSPS) is 58.6. The van der Waals surface area contributed by atoms with Gasteiger partial charge in [-0.05, 0) is 37.6 Å². The van der Waals surface area contributed by atoms with E-state index in [9.17, 15) is 4.79 Å². The lowest BCUT2D eigenvalue weighted by molar-refractivity contribution is -0.275. The summed E-state index contributed by atoms with van der Waals surface area (Å²) in [6, 6.07) is 0.0801. The first-order valence-electron chi connectivity index (χ1n) is 13.2. The Bertz CT molecular complexity index is 885. The van der Waals surface area contributed by atoms with Crippen LogP contribution in [0.5, 0.6) is 0 Å². The molecule has 0 N–H and O–H groups in total. The van der Waals surface area contributed by atoms with E-state index in [1.807, 2.05) is 21.3 Å². The van der Waals surface area contributed by atoms with Gasteiger partial charge in [0.05, 0.1) is 24.4 Å². The van der Waals surface area contributed by atoms with E-state index in [1.165, 1.54) is 6.92 Å². The summed E-state index contributed by atoms with van der Waals surface area (Å²) in [7, 11) is 5.52. The van der Waals surface area contributed by atoms with E-state index in [1.54, 1.807) is 0 Å². The van der Waals surface area contributed by atoms with Crippen LogP contribution in [0.15, 0.2) is 0 Å². The number of rotatable bonds is 5. The average molecular weight is 478 g/mol. The summed E-state index contributed by atoms with van der Waals surface area (Å²) in [6.07, 6.45) is 3.72. The third-order valence-electron chi connectivity index (χ3n) is 11.6. The third kappa shape index (κ3) is 2.11. The Labute approximate surface area is 201 Å². The summed E-state index contributed by atoms with van der Waals surface area (Å²) in [5.74, 6) is 1.25. The molecule has 0 aromatic heterocycles. The van der Waals surface area contributed by atoms with E-state index in [0.717, 1.165) is 38.8 Å². The van der Waals surface area contributed by atoms with Gasteiger partial charge in [-0.3, -0.25) is 9.69 Å². The highest BCUT2D eigenvalue weighted by Crippen LogP contribution is 2.81. The highest BCUT2D eigenvalue weighted by atomic mass is 16.7. The minimum Gasteiger partial charge on any atom is -0.459 e. The summed E-state index contributed by atoms with van der Waals surface area (Å²) in [5, 5.41) is 0. The average Bonchev–Trinajstić information content (AvgIpc) is 3.40. The molecule has 190 valence electrons. The van der Waals surface area contributed by atoms with Gasteiger partial charge in [0.1, 0.15) is 18.5 Å². The van der Waals surface area contributed by atoms with Crippen molar-refractivity contribution in [2.45, 2.75) is 81.2 Å². The molecule has 7 rings (SSSR count). The molecule has 0 aromatic rings. The highest BCUT2D eigenvalue weighted by Gasteiger charge is 2.93. The van der Waals surface area contributed by atoms with Gasteiger partial charge in [0, 0.05) is 64.4 Å². The molecule has 2 saturated heterocycles. The number of carbonyl (C=O) groups is 1. The number of carbonyl (C=O) groups excluding carboxylic acids is 1. The molecule has 7 aliphatic rings. The molecular formula is C26H39NO7. The van der Waals surface area contributed by atoms with Gasteiger partial charge in [0.15, 0.2) is 5.60 Å². The number of ether oxygens (including phenoxy) is 6. The van der Waals surface area contributed by atoms with E-state index in [4.69, 9.17) is 28.4 Å². The fourth-order valence-corrected chi connectivity index (χ4v) is 11.3. The zero-order valence-electron chi connectivity index (χ0n) is 21.0. The zero-order chi connectivity index (χ0) is 23.6. The lowest BCUT2D eigenvalue weighted by Crippen LogP contribution is -2.80. The molecule has 0 radical (unpaired) electrons. The van der Waals surface area contributed by atoms with Gasteiger partial charge in [-0.1, -0.05) is 6.92 Å². The van der Waals surface area contributed by atoms with Gasteiger partial charge in [-0.15, -0.1) is 0 Å². The van der Waals surface area contributed by atoms with Crippen LogP contribution in [0.2, 0.25) is 0 Å². The number of hydrogen-bond acceptors (Lipinski definition) is 8. The second kappa shape index (κ2) is 7.17. The van der Waals surface area contributed by atoms with E-state index >= 15 is 0 Å². The van der Waals surface area contributed by atoms with Crippen LogP contribution in [0, 0.1) is 35.0 Å². The van der Waals surface area contributed by atoms with Crippen molar-refractivity contribution >= 4 is 5.97 Å². The molecule has 3 spiro atoms. The van der Waals surface area contributed by atoms with Crippen molar-refractivity contribution in [1.82, 2.24) is 4.90 Å². The van der Waals surface area contributed by atoms with Crippen LogP contribution in [-0.4, -0.2) is 93.7 Å². The Hall–Kier alpha value is -0.770. The molecule has 5 aliphatic carbocycles. The Morgan fingerprint density at radius 2 is 1.91 bits per heavy atom. The summed E-state index contributed by atoms with van der Waals surface area (Å²) in [4.78, 5) is 15.3. The Kier molecular flexibility index (Phi) is 4.73. The maximum absolute atomic E-state index is 12.7. The number of methoxy groups -OCH3 is 3. The Balaban J connectivity index is 1.55. The summed E-state index contributed by atoms with van der Waals surface area (Å²) in [5.41, 5.74) is -1.53. The van der Waals surface area contributed by atoms with Gasteiger partial charge < -0.3 is 28.4 Å². The van der Waals surface area contributed by atoms with E-state index in [-0.39, 0.29) is 60.5 Å². The molecule has 2 aliphatic heterocycles. The first-order chi connectivity index (χ1) is 16.5. The number of nitrogens with zero attached hydrogens (tertiary/aromatic N) is 1. The molecule has 13 atom stereocenters. The zero-order valence-corrected chi connectivity index (χ0v) is 21.0. The number of fused-ring (bicyclic) bond motifs is 1. The van der Waals surface area contributed by atoms with Crippen LogP contribution in [0.4, 0.5) is 0 Å². The quantitative estimate of drug-likeness (QED) is 0.556. The number of likely N-dealkylation sites (N-methyl/N-ethyl adjacent to an activating group) is 1. The van der Waals surface area contributed by atoms with E-state index < -0.39 is 11.2 Å². The molecule has 34 heavy (non-hydrogen) atoms. The standard InChI is InChI=1S/C26H39NO7/c1-6-27-11-14-7-8-18(30-4)25-16-9-15-17(29-3)10-24(20(16)21(15)31-5)26(23(25)27,33-12-32-24)22(19(14)25)34-13(2)28/h14-23H,6-12H2,1-5H3/t14-,15+,16+,17-,18-,19-,20+,21-,22-,23-,24+,25-,26-/m0/s1. The molecule has 5 saturated carbocycles. The monoisotopic (exact) mass is 477 g/mol. The van der Waals surface area contributed by atoms with Crippen molar-refractivity contribution in [3.63, 3.8) is 0 Å². The molecular weight excluding hydrogens is 438 g/mol. The lowest BCUT2D eigenvalue weighted by atomic mass is 9.45. The van der Waals surface area contributed by atoms with Crippen molar-refractivity contribution in [1.29, 1.82) is 0 Å². The molecule has 2 heterocycles. The maximum atomic E-state index is 12.7. The van der Waals surface area contributed by atoms with Crippen LogP contribution in [0.25, 0.3) is 0 Å². The lowest BCUT2D eigenvalue weighted by Gasteiger charge is -2.67. The fourth-order valence-electron chi connectivity index (χ4n) is 11.3. The second-order valence-corrected chi connectivity index (χ2v) is 11.9. The van der Waals surface area contributed by atoms with Crippen LogP contribution in [0.3, 0.4) is 0 Å². The molecule has 8 nitrogen and oxygen atoms in total. The summed E-state index contributed by atoms with van der Waals surface area (Å²) in [6.45, 7) is 5.96. The molecule has 0 amide bonds. The number of likely N-dealkylation sites (tertiary alicyclic amines) is 1. The van der Waals surface area contributed by atoms with Gasteiger partial charge >= 0.3 is 5.97 Å². The van der Waals surface area contributed by atoms with E-state index in [0.29, 0.717) is 17.8 Å². The van der Waals surface area contributed by atoms with Crippen LogP contribution in [0.1, 0.15) is 39.5 Å². The van der Waals surface area contributed by atoms with Crippen LogP contribution >= 0.6 is 0 Å². The maximum Gasteiger partial charge on any atom is 0.303 e. The van der Waals surface area contributed by atoms with Crippen LogP contribution in [-0.2, 0) is 33.2 Å². The topological polar surface area (TPSA) is 75.7 Å².